The number of hydrogen-bond acceptors (Lipinski definition) is 4. The minimum Gasteiger partial charge on any atom is -0.378 e. The van der Waals surface area contributed by atoms with Gasteiger partial charge in [-0.15, -0.1) is 0 Å². The molecular weight excluding hydrogens is 264 g/mol. The van der Waals surface area contributed by atoms with E-state index in [0.717, 1.165) is 31.8 Å². The second-order valence-electron chi connectivity index (χ2n) is 7.62. The zero-order valence-electron chi connectivity index (χ0n) is 14.3. The fourth-order valence-electron chi connectivity index (χ4n) is 2.93. The van der Waals surface area contributed by atoms with Crippen LogP contribution in [0.5, 0.6) is 0 Å². The molecule has 5 nitrogen and oxygen atoms in total. The molecule has 0 bridgehead atoms. The first-order valence-electron chi connectivity index (χ1n) is 7.98. The number of ether oxygens (including phenoxy) is 1. The van der Waals surface area contributed by atoms with Crippen molar-refractivity contribution >= 4 is 0 Å². The van der Waals surface area contributed by atoms with Crippen LogP contribution in [0.15, 0.2) is 6.33 Å². The third kappa shape index (κ3) is 3.83. The summed E-state index contributed by atoms with van der Waals surface area (Å²) in [6, 6.07) is 0.341. The Morgan fingerprint density at radius 3 is 2.71 bits per heavy atom. The lowest BCUT2D eigenvalue weighted by molar-refractivity contribution is 0.0580. The molecule has 1 saturated heterocycles. The van der Waals surface area contributed by atoms with Crippen LogP contribution in [0.2, 0.25) is 0 Å². The van der Waals surface area contributed by atoms with E-state index in [9.17, 15) is 0 Å². The van der Waals surface area contributed by atoms with E-state index in [0.29, 0.717) is 6.04 Å². The molecule has 0 aromatic carbocycles. The summed E-state index contributed by atoms with van der Waals surface area (Å²) >= 11 is 0. The Kier molecular flexibility index (Phi) is 4.73. The van der Waals surface area contributed by atoms with Crippen molar-refractivity contribution in [3.05, 3.63) is 12.2 Å². The van der Waals surface area contributed by atoms with Gasteiger partial charge in [0.1, 0.15) is 12.2 Å². The SMILES string of the molecule is CC(C)n1ncnc1CC1(CNC(C)(C)C)CCOC1C. The Hall–Kier alpha value is -0.940. The van der Waals surface area contributed by atoms with Crippen molar-refractivity contribution in [1.29, 1.82) is 0 Å². The van der Waals surface area contributed by atoms with Gasteiger partial charge < -0.3 is 10.1 Å². The van der Waals surface area contributed by atoms with E-state index in [2.05, 4.69) is 56.9 Å². The first-order chi connectivity index (χ1) is 9.73. The summed E-state index contributed by atoms with van der Waals surface area (Å²) in [5.74, 6) is 1.07. The maximum absolute atomic E-state index is 5.89. The van der Waals surface area contributed by atoms with Gasteiger partial charge >= 0.3 is 0 Å². The van der Waals surface area contributed by atoms with Crippen molar-refractivity contribution in [3.8, 4) is 0 Å². The average Bonchev–Trinajstić information content (AvgIpc) is 2.95. The predicted octanol–water partition coefficient (Wildman–Crippen LogP) is 2.58. The second kappa shape index (κ2) is 6.05. The molecule has 2 unspecified atom stereocenters. The molecule has 5 heteroatoms. The zero-order valence-corrected chi connectivity index (χ0v) is 14.3. The molecule has 2 heterocycles. The predicted molar refractivity (Wildman–Crippen MR) is 84.3 cm³/mol. The number of rotatable bonds is 5. The molecule has 1 aliphatic heterocycles. The van der Waals surface area contributed by atoms with E-state index in [1.54, 1.807) is 6.33 Å². The number of nitrogens with zero attached hydrogens (tertiary/aromatic N) is 3. The van der Waals surface area contributed by atoms with Crippen LogP contribution in [0.4, 0.5) is 0 Å². The average molecular weight is 294 g/mol. The van der Waals surface area contributed by atoms with Gasteiger partial charge in [0, 0.05) is 36.6 Å². The van der Waals surface area contributed by atoms with Crippen LogP contribution in [0.3, 0.4) is 0 Å². The summed E-state index contributed by atoms with van der Waals surface area (Å²) in [6.07, 6.45) is 3.89. The molecule has 1 aromatic rings. The van der Waals surface area contributed by atoms with Gasteiger partial charge in [-0.3, -0.25) is 0 Å². The third-order valence-corrected chi connectivity index (χ3v) is 4.45. The summed E-state index contributed by atoms with van der Waals surface area (Å²) < 4.78 is 7.92. The molecule has 1 aliphatic rings. The summed E-state index contributed by atoms with van der Waals surface area (Å²) in [6.45, 7) is 14.9. The first kappa shape index (κ1) is 16.4. The Morgan fingerprint density at radius 2 is 2.19 bits per heavy atom. The van der Waals surface area contributed by atoms with E-state index < -0.39 is 0 Å². The standard InChI is InChI=1S/C16H30N4O/c1-12(2)20-14(17-11-19-20)9-16(7-8-21-13(16)3)10-18-15(4,5)6/h11-13,18H,7-10H2,1-6H3. The minimum absolute atomic E-state index is 0.104. The van der Waals surface area contributed by atoms with E-state index in [-0.39, 0.29) is 17.1 Å². The van der Waals surface area contributed by atoms with Gasteiger partial charge in [-0.1, -0.05) is 0 Å². The summed E-state index contributed by atoms with van der Waals surface area (Å²) in [5, 5.41) is 8.03. The topological polar surface area (TPSA) is 52.0 Å². The van der Waals surface area contributed by atoms with Crippen molar-refractivity contribution < 1.29 is 4.74 Å². The fourth-order valence-corrected chi connectivity index (χ4v) is 2.93. The molecule has 0 aliphatic carbocycles. The van der Waals surface area contributed by atoms with E-state index in [4.69, 9.17) is 4.74 Å². The molecule has 1 N–H and O–H groups in total. The van der Waals surface area contributed by atoms with E-state index >= 15 is 0 Å². The van der Waals surface area contributed by atoms with Crippen molar-refractivity contribution in [3.63, 3.8) is 0 Å². The highest BCUT2D eigenvalue weighted by Gasteiger charge is 2.43. The number of nitrogens with one attached hydrogen (secondary N) is 1. The fraction of sp³-hybridized carbons (Fsp3) is 0.875. The van der Waals surface area contributed by atoms with Crippen molar-refractivity contribution in [1.82, 2.24) is 20.1 Å². The van der Waals surface area contributed by atoms with Gasteiger partial charge in [0.2, 0.25) is 0 Å². The smallest absolute Gasteiger partial charge is 0.138 e. The molecule has 0 saturated carbocycles. The number of hydrogen-bond donors (Lipinski definition) is 1. The molecule has 0 radical (unpaired) electrons. The Balaban J connectivity index is 2.19. The Labute approximate surface area is 128 Å². The van der Waals surface area contributed by atoms with Gasteiger partial charge in [-0.25, -0.2) is 9.67 Å². The summed E-state index contributed by atoms with van der Waals surface area (Å²) in [4.78, 5) is 4.49. The first-order valence-corrected chi connectivity index (χ1v) is 7.98. The highest BCUT2D eigenvalue weighted by atomic mass is 16.5. The van der Waals surface area contributed by atoms with Crippen LogP contribution < -0.4 is 5.32 Å². The van der Waals surface area contributed by atoms with Gasteiger partial charge in [-0.2, -0.15) is 5.10 Å². The lowest BCUT2D eigenvalue weighted by atomic mass is 9.77. The van der Waals surface area contributed by atoms with E-state index in [1.165, 1.54) is 0 Å². The Bertz CT molecular complexity index is 463. The van der Waals surface area contributed by atoms with Crippen molar-refractivity contribution in [2.75, 3.05) is 13.2 Å². The quantitative estimate of drug-likeness (QED) is 0.907. The van der Waals surface area contributed by atoms with Gasteiger partial charge in [-0.05, 0) is 48.0 Å². The molecule has 1 aromatic heterocycles. The van der Waals surface area contributed by atoms with Crippen molar-refractivity contribution in [2.24, 2.45) is 5.41 Å². The molecule has 0 amide bonds. The second-order valence-corrected chi connectivity index (χ2v) is 7.62. The van der Waals surface area contributed by atoms with Gasteiger partial charge in [0.05, 0.1) is 6.10 Å². The highest BCUT2D eigenvalue weighted by Crippen LogP contribution is 2.38. The monoisotopic (exact) mass is 294 g/mol. The van der Waals surface area contributed by atoms with Crippen molar-refractivity contribution in [2.45, 2.75) is 72.1 Å². The summed E-state index contributed by atoms with van der Waals surface area (Å²) in [5.41, 5.74) is 0.216. The van der Waals surface area contributed by atoms with Gasteiger partial charge in [0.25, 0.3) is 0 Å². The van der Waals surface area contributed by atoms with Crippen LogP contribution in [0.25, 0.3) is 0 Å². The molecule has 1 fully saturated rings. The third-order valence-electron chi connectivity index (χ3n) is 4.45. The Morgan fingerprint density at radius 1 is 1.48 bits per heavy atom. The lowest BCUT2D eigenvalue weighted by Crippen LogP contribution is -2.48. The van der Waals surface area contributed by atoms with Crippen LogP contribution in [0, 0.1) is 5.41 Å². The van der Waals surface area contributed by atoms with Crippen LogP contribution in [-0.4, -0.2) is 39.6 Å². The number of aromatic nitrogens is 3. The molecule has 120 valence electrons. The van der Waals surface area contributed by atoms with Crippen LogP contribution in [-0.2, 0) is 11.2 Å². The maximum Gasteiger partial charge on any atom is 0.138 e. The summed E-state index contributed by atoms with van der Waals surface area (Å²) in [7, 11) is 0. The highest BCUT2D eigenvalue weighted by molar-refractivity contribution is 5.02. The molecule has 2 atom stereocenters. The van der Waals surface area contributed by atoms with Gasteiger partial charge in [0.15, 0.2) is 0 Å². The minimum atomic E-state index is 0.104. The molecular formula is C16H30N4O. The normalized spacial score (nSPS) is 26.7. The largest absolute Gasteiger partial charge is 0.378 e. The maximum atomic E-state index is 5.89. The molecule has 21 heavy (non-hydrogen) atoms. The van der Waals surface area contributed by atoms with E-state index in [1.807, 2.05) is 4.68 Å². The molecule has 0 spiro atoms. The zero-order chi connectivity index (χ0) is 15.7. The molecule has 2 rings (SSSR count). The van der Waals surface area contributed by atoms with Crippen LogP contribution in [0.1, 0.15) is 59.8 Å². The van der Waals surface area contributed by atoms with Crippen LogP contribution >= 0.6 is 0 Å². The lowest BCUT2D eigenvalue weighted by Gasteiger charge is -2.35.